The minimum Gasteiger partial charge on any atom is -0.480 e. The lowest BCUT2D eigenvalue weighted by atomic mass is 9.84. The Morgan fingerprint density at radius 1 is 1.26 bits per heavy atom. The highest BCUT2D eigenvalue weighted by Gasteiger charge is 2.47. The molecule has 0 aromatic heterocycles. The summed E-state index contributed by atoms with van der Waals surface area (Å²) in [4.78, 5) is 26.4. The fourth-order valence-corrected chi connectivity index (χ4v) is 4.26. The number of carboxylic acid groups (broad SMARTS) is 1. The molecule has 1 aliphatic heterocycles. The average molecular weight is 379 g/mol. The van der Waals surface area contributed by atoms with Gasteiger partial charge in [0.25, 0.3) is 5.91 Å². The van der Waals surface area contributed by atoms with Crippen molar-refractivity contribution in [2.24, 2.45) is 5.92 Å². The van der Waals surface area contributed by atoms with Gasteiger partial charge < -0.3 is 19.5 Å². The van der Waals surface area contributed by atoms with Crippen molar-refractivity contribution in [1.82, 2.24) is 4.90 Å². The van der Waals surface area contributed by atoms with Gasteiger partial charge in [0.15, 0.2) is 0 Å². The molecule has 1 N–H and O–H groups in total. The van der Waals surface area contributed by atoms with Crippen LogP contribution in [0.15, 0.2) is 18.2 Å². The van der Waals surface area contributed by atoms with Crippen LogP contribution in [-0.2, 0) is 20.9 Å². The van der Waals surface area contributed by atoms with Crippen LogP contribution in [0.25, 0.3) is 0 Å². The molecule has 6 nitrogen and oxygen atoms in total. The summed E-state index contributed by atoms with van der Waals surface area (Å²) in [5.41, 5.74) is 0.586. The van der Waals surface area contributed by atoms with E-state index in [2.05, 4.69) is 0 Å². The maximum atomic E-state index is 14.1. The Labute approximate surface area is 158 Å². The molecule has 1 amide bonds. The number of likely N-dealkylation sites (tertiary alicyclic amines) is 1. The summed E-state index contributed by atoms with van der Waals surface area (Å²) >= 11 is 0. The molecule has 1 saturated carbocycles. The maximum Gasteiger partial charge on any atom is 0.326 e. The summed E-state index contributed by atoms with van der Waals surface area (Å²) in [5, 5.41) is 9.61. The van der Waals surface area contributed by atoms with Crippen molar-refractivity contribution >= 4 is 11.9 Å². The number of halogens is 1. The Morgan fingerprint density at radius 3 is 2.78 bits per heavy atom. The topological polar surface area (TPSA) is 76.1 Å². The molecule has 3 rings (SSSR count). The zero-order valence-corrected chi connectivity index (χ0v) is 15.5. The SMILES string of the molecule is COCCOCc1cc(C(=O)N2C(C(=O)O)CC3CCCCC32)ccc1F. The largest absolute Gasteiger partial charge is 0.480 e. The van der Waals surface area contributed by atoms with E-state index in [9.17, 15) is 19.1 Å². The predicted molar refractivity (Wildman–Crippen MR) is 95.9 cm³/mol. The monoisotopic (exact) mass is 379 g/mol. The number of carbonyl (C=O) groups excluding carboxylic acids is 1. The number of methoxy groups -OCH3 is 1. The summed E-state index contributed by atoms with van der Waals surface area (Å²) in [7, 11) is 1.55. The Balaban J connectivity index is 1.80. The molecule has 148 valence electrons. The zero-order valence-electron chi connectivity index (χ0n) is 15.5. The summed E-state index contributed by atoms with van der Waals surface area (Å²) < 4.78 is 24.3. The number of rotatable bonds is 7. The standard InChI is InChI=1S/C20H26FNO5/c1-26-8-9-27-12-15-10-14(6-7-16(15)21)19(23)22-17-5-3-2-4-13(17)11-18(22)20(24)25/h6-7,10,13,17-18H,2-5,8-9,11-12H2,1H3,(H,24,25). The summed E-state index contributed by atoms with van der Waals surface area (Å²) in [6.45, 7) is 0.757. The molecule has 0 spiro atoms. The number of ether oxygens (including phenoxy) is 2. The maximum absolute atomic E-state index is 14.1. The Morgan fingerprint density at radius 2 is 2.04 bits per heavy atom. The van der Waals surface area contributed by atoms with Crippen LogP contribution in [0.1, 0.15) is 48.0 Å². The van der Waals surface area contributed by atoms with Gasteiger partial charge in [-0.3, -0.25) is 4.79 Å². The molecule has 27 heavy (non-hydrogen) atoms. The van der Waals surface area contributed by atoms with E-state index in [4.69, 9.17) is 9.47 Å². The van der Waals surface area contributed by atoms with Crippen LogP contribution < -0.4 is 0 Å². The first-order valence-electron chi connectivity index (χ1n) is 9.43. The number of hydrogen-bond acceptors (Lipinski definition) is 4. The van der Waals surface area contributed by atoms with E-state index in [1.54, 1.807) is 7.11 Å². The van der Waals surface area contributed by atoms with Gasteiger partial charge in [-0.15, -0.1) is 0 Å². The van der Waals surface area contributed by atoms with Crippen molar-refractivity contribution in [1.29, 1.82) is 0 Å². The normalized spacial score (nSPS) is 24.7. The minimum absolute atomic E-state index is 0.0325. The molecular weight excluding hydrogens is 353 g/mol. The summed E-state index contributed by atoms with van der Waals surface area (Å²) in [6, 6.07) is 3.29. The molecule has 1 aliphatic carbocycles. The van der Waals surface area contributed by atoms with E-state index < -0.39 is 17.8 Å². The minimum atomic E-state index is -0.969. The highest BCUT2D eigenvalue weighted by atomic mass is 19.1. The number of nitrogens with zero attached hydrogens (tertiary/aromatic N) is 1. The van der Waals surface area contributed by atoms with Crippen molar-refractivity contribution in [2.75, 3.05) is 20.3 Å². The van der Waals surface area contributed by atoms with Crippen LogP contribution in [-0.4, -0.2) is 54.3 Å². The summed E-state index contributed by atoms with van der Waals surface area (Å²) in [6.07, 6.45) is 4.36. The first-order valence-corrected chi connectivity index (χ1v) is 9.43. The number of amides is 1. The predicted octanol–water partition coefficient (Wildman–Crippen LogP) is 2.85. The van der Waals surface area contributed by atoms with Gasteiger partial charge in [0.1, 0.15) is 11.9 Å². The van der Waals surface area contributed by atoms with Crippen molar-refractivity contribution in [3.8, 4) is 0 Å². The number of benzene rings is 1. The van der Waals surface area contributed by atoms with Crippen LogP contribution in [0.4, 0.5) is 4.39 Å². The van der Waals surface area contributed by atoms with Gasteiger partial charge >= 0.3 is 5.97 Å². The second kappa shape index (κ2) is 8.80. The van der Waals surface area contributed by atoms with Gasteiger partial charge in [-0.25, -0.2) is 9.18 Å². The second-order valence-electron chi connectivity index (χ2n) is 7.27. The number of fused-ring (bicyclic) bond motifs is 1. The third-order valence-electron chi connectivity index (χ3n) is 5.59. The quantitative estimate of drug-likeness (QED) is 0.738. The molecule has 1 saturated heterocycles. The van der Waals surface area contributed by atoms with Crippen LogP contribution in [0.5, 0.6) is 0 Å². The molecule has 0 bridgehead atoms. The average Bonchev–Trinajstić information content (AvgIpc) is 3.06. The van der Waals surface area contributed by atoms with E-state index in [0.29, 0.717) is 25.2 Å². The van der Waals surface area contributed by atoms with Gasteiger partial charge in [-0.05, 0) is 43.4 Å². The number of carbonyl (C=O) groups is 2. The molecule has 1 aromatic rings. The lowest BCUT2D eigenvalue weighted by Gasteiger charge is -2.33. The molecule has 0 radical (unpaired) electrons. The van der Waals surface area contributed by atoms with Gasteiger partial charge in [-0.1, -0.05) is 12.8 Å². The number of aliphatic carboxylic acids is 1. The molecule has 3 atom stereocenters. The van der Waals surface area contributed by atoms with Crippen molar-refractivity contribution in [3.63, 3.8) is 0 Å². The van der Waals surface area contributed by atoms with Gasteiger partial charge in [0, 0.05) is 24.3 Å². The number of hydrogen-bond donors (Lipinski definition) is 1. The van der Waals surface area contributed by atoms with Gasteiger partial charge in [-0.2, -0.15) is 0 Å². The van der Waals surface area contributed by atoms with Crippen LogP contribution >= 0.6 is 0 Å². The fourth-order valence-electron chi connectivity index (χ4n) is 4.26. The fraction of sp³-hybridized carbons (Fsp3) is 0.600. The highest BCUT2D eigenvalue weighted by molar-refractivity contribution is 5.97. The Kier molecular flexibility index (Phi) is 6.44. The Hall–Kier alpha value is -1.99. The number of carboxylic acids is 1. The smallest absolute Gasteiger partial charge is 0.326 e. The van der Waals surface area contributed by atoms with Crippen molar-refractivity contribution in [2.45, 2.75) is 50.8 Å². The zero-order chi connectivity index (χ0) is 19.4. The third-order valence-corrected chi connectivity index (χ3v) is 5.59. The second-order valence-corrected chi connectivity index (χ2v) is 7.27. The molecule has 2 aliphatic rings. The molecule has 3 unspecified atom stereocenters. The Bertz CT molecular complexity index is 695. The van der Waals surface area contributed by atoms with E-state index in [1.807, 2.05) is 0 Å². The third kappa shape index (κ3) is 4.30. The lowest BCUT2D eigenvalue weighted by molar-refractivity contribution is -0.141. The van der Waals surface area contributed by atoms with Crippen LogP contribution in [0.2, 0.25) is 0 Å². The molecule has 7 heteroatoms. The van der Waals surface area contributed by atoms with Gasteiger partial charge in [0.05, 0.1) is 19.8 Å². The van der Waals surface area contributed by atoms with Crippen LogP contribution in [0, 0.1) is 11.7 Å². The highest BCUT2D eigenvalue weighted by Crippen LogP contribution is 2.40. The van der Waals surface area contributed by atoms with E-state index in [0.717, 1.165) is 25.7 Å². The first-order chi connectivity index (χ1) is 13.0. The van der Waals surface area contributed by atoms with Gasteiger partial charge in [0.2, 0.25) is 0 Å². The molecule has 2 fully saturated rings. The lowest BCUT2D eigenvalue weighted by Crippen LogP contribution is -2.46. The molecule has 1 heterocycles. The van der Waals surface area contributed by atoms with E-state index >= 15 is 0 Å². The molecule has 1 aromatic carbocycles. The molecular formula is C20H26FNO5. The van der Waals surface area contributed by atoms with Crippen LogP contribution in [0.3, 0.4) is 0 Å². The van der Waals surface area contributed by atoms with Crippen molar-refractivity contribution < 1.29 is 28.6 Å². The first kappa shape index (κ1) is 19.8. The van der Waals surface area contributed by atoms with E-state index in [1.165, 1.54) is 23.1 Å². The summed E-state index contributed by atoms with van der Waals surface area (Å²) in [5.74, 6) is -1.52. The van der Waals surface area contributed by atoms with E-state index in [-0.39, 0.29) is 30.0 Å². The van der Waals surface area contributed by atoms with Crippen molar-refractivity contribution in [3.05, 3.63) is 35.1 Å².